The smallest absolute Gasteiger partial charge is 0.273 e. The Morgan fingerprint density at radius 3 is 2.62 bits per heavy atom. The van der Waals surface area contributed by atoms with Crippen LogP contribution in [0.5, 0.6) is 0 Å². The maximum absolute atomic E-state index is 13.6. The maximum atomic E-state index is 13.6. The van der Waals surface area contributed by atoms with Crippen LogP contribution in [0.3, 0.4) is 0 Å². The van der Waals surface area contributed by atoms with Crippen LogP contribution in [0.15, 0.2) is 24.3 Å². The van der Waals surface area contributed by atoms with E-state index in [0.29, 0.717) is 12.8 Å². The van der Waals surface area contributed by atoms with Crippen LogP contribution in [0, 0.1) is 0 Å². The van der Waals surface area contributed by atoms with Gasteiger partial charge in [0, 0.05) is 18.0 Å². The lowest BCUT2D eigenvalue weighted by atomic mass is 9.99. The number of alkyl halides is 2. The van der Waals surface area contributed by atoms with Crippen LogP contribution in [-0.2, 0) is 12.3 Å². The molecule has 0 radical (unpaired) electrons. The highest BCUT2D eigenvalue weighted by Crippen LogP contribution is 2.33. The first-order valence-corrected chi connectivity index (χ1v) is 5.68. The average molecular weight is 227 g/mol. The Labute approximate surface area is 95.7 Å². The Morgan fingerprint density at radius 2 is 2.06 bits per heavy atom. The lowest BCUT2D eigenvalue weighted by Gasteiger charge is -2.17. The van der Waals surface area contributed by atoms with E-state index in [2.05, 4.69) is 0 Å². The zero-order chi connectivity index (χ0) is 12.2. The molecule has 0 saturated carbocycles. The van der Waals surface area contributed by atoms with Crippen molar-refractivity contribution >= 4 is 0 Å². The van der Waals surface area contributed by atoms with Gasteiger partial charge >= 0.3 is 0 Å². The van der Waals surface area contributed by atoms with Crippen LogP contribution in [0.4, 0.5) is 8.78 Å². The topological polar surface area (TPSA) is 26.0 Å². The quantitative estimate of drug-likeness (QED) is 0.819. The monoisotopic (exact) mass is 227 g/mol. The first kappa shape index (κ1) is 13.1. The molecule has 1 aromatic rings. The van der Waals surface area contributed by atoms with Gasteiger partial charge in [-0.3, -0.25) is 0 Å². The lowest BCUT2D eigenvalue weighted by Crippen LogP contribution is -2.18. The molecule has 1 atom stereocenters. The van der Waals surface area contributed by atoms with Crippen molar-refractivity contribution < 1.29 is 8.78 Å². The Morgan fingerprint density at radius 1 is 1.38 bits per heavy atom. The van der Waals surface area contributed by atoms with Crippen molar-refractivity contribution in [1.82, 2.24) is 0 Å². The molecule has 2 N–H and O–H groups in total. The molecule has 0 bridgehead atoms. The molecule has 90 valence electrons. The molecule has 1 unspecified atom stereocenters. The molecule has 0 amide bonds. The van der Waals surface area contributed by atoms with Crippen molar-refractivity contribution in [2.75, 3.05) is 0 Å². The van der Waals surface area contributed by atoms with E-state index in [9.17, 15) is 8.78 Å². The van der Waals surface area contributed by atoms with Gasteiger partial charge < -0.3 is 5.73 Å². The molecule has 16 heavy (non-hydrogen) atoms. The van der Waals surface area contributed by atoms with Gasteiger partial charge in [-0.25, -0.2) is 8.78 Å². The molecule has 0 aromatic heterocycles. The standard InChI is InChI=1S/C13H19F2N/c1-3-7-13(14,15)12-6-4-5-11(9-12)8-10(2)16/h4-6,9-10H,3,7-8,16H2,1-2H3. The highest BCUT2D eigenvalue weighted by molar-refractivity contribution is 5.27. The minimum atomic E-state index is -2.72. The summed E-state index contributed by atoms with van der Waals surface area (Å²) in [4.78, 5) is 0. The average Bonchev–Trinajstić information content (AvgIpc) is 2.17. The van der Waals surface area contributed by atoms with Gasteiger partial charge in [-0.15, -0.1) is 0 Å². The minimum absolute atomic E-state index is 0.00459. The summed E-state index contributed by atoms with van der Waals surface area (Å²) in [6, 6.07) is 6.57. The Balaban J connectivity index is 2.89. The van der Waals surface area contributed by atoms with Crippen LogP contribution in [0.25, 0.3) is 0 Å². The molecule has 3 heteroatoms. The van der Waals surface area contributed by atoms with Gasteiger partial charge in [0.2, 0.25) is 0 Å². The van der Waals surface area contributed by atoms with Crippen molar-refractivity contribution in [2.24, 2.45) is 5.73 Å². The summed E-state index contributed by atoms with van der Waals surface area (Å²) in [5.41, 5.74) is 6.64. The van der Waals surface area contributed by atoms with E-state index in [0.717, 1.165) is 5.56 Å². The van der Waals surface area contributed by atoms with Crippen molar-refractivity contribution in [3.8, 4) is 0 Å². The number of benzene rings is 1. The molecule has 0 spiro atoms. The van der Waals surface area contributed by atoms with Crippen LogP contribution in [0.1, 0.15) is 37.8 Å². The lowest BCUT2D eigenvalue weighted by molar-refractivity contribution is -0.0141. The molecule has 1 aromatic carbocycles. The summed E-state index contributed by atoms with van der Waals surface area (Å²) in [7, 11) is 0. The largest absolute Gasteiger partial charge is 0.328 e. The second-order valence-electron chi connectivity index (χ2n) is 4.34. The highest BCUT2D eigenvalue weighted by atomic mass is 19.3. The predicted molar refractivity (Wildman–Crippen MR) is 62.6 cm³/mol. The Hall–Kier alpha value is -0.960. The van der Waals surface area contributed by atoms with Crippen molar-refractivity contribution in [3.05, 3.63) is 35.4 Å². The zero-order valence-electron chi connectivity index (χ0n) is 9.84. The minimum Gasteiger partial charge on any atom is -0.328 e. The normalized spacial score (nSPS) is 13.8. The summed E-state index contributed by atoms with van der Waals surface area (Å²) < 4.78 is 27.3. The first-order chi connectivity index (χ1) is 7.45. The van der Waals surface area contributed by atoms with Crippen LogP contribution >= 0.6 is 0 Å². The molecule has 0 heterocycles. The third-order valence-electron chi connectivity index (χ3n) is 2.47. The molecule has 0 fully saturated rings. The molecular weight excluding hydrogens is 208 g/mol. The van der Waals surface area contributed by atoms with Gasteiger partial charge in [-0.1, -0.05) is 31.5 Å². The highest BCUT2D eigenvalue weighted by Gasteiger charge is 2.30. The Kier molecular flexibility index (Phi) is 4.42. The zero-order valence-corrected chi connectivity index (χ0v) is 9.84. The number of nitrogens with two attached hydrogens (primary N) is 1. The van der Waals surface area contributed by atoms with E-state index < -0.39 is 5.92 Å². The van der Waals surface area contributed by atoms with E-state index in [4.69, 9.17) is 5.73 Å². The Bertz CT molecular complexity index is 334. The first-order valence-electron chi connectivity index (χ1n) is 5.68. The molecule has 0 aliphatic rings. The van der Waals surface area contributed by atoms with Gasteiger partial charge in [0.25, 0.3) is 5.92 Å². The van der Waals surface area contributed by atoms with Gasteiger partial charge in [-0.2, -0.15) is 0 Å². The van der Waals surface area contributed by atoms with Gasteiger partial charge in [0.05, 0.1) is 0 Å². The molecule has 0 aliphatic carbocycles. The fourth-order valence-corrected chi connectivity index (χ4v) is 1.76. The number of hydrogen-bond acceptors (Lipinski definition) is 1. The summed E-state index contributed by atoms with van der Waals surface area (Å²) in [5.74, 6) is -2.72. The van der Waals surface area contributed by atoms with Gasteiger partial charge in [0.1, 0.15) is 0 Å². The van der Waals surface area contributed by atoms with Crippen LogP contribution < -0.4 is 5.73 Å². The summed E-state index contributed by atoms with van der Waals surface area (Å²) in [6.45, 7) is 3.64. The predicted octanol–water partition coefficient (Wildman–Crippen LogP) is 3.47. The fourth-order valence-electron chi connectivity index (χ4n) is 1.76. The second-order valence-corrected chi connectivity index (χ2v) is 4.34. The van der Waals surface area contributed by atoms with Crippen LogP contribution in [0.2, 0.25) is 0 Å². The SMILES string of the molecule is CCCC(F)(F)c1cccc(CC(C)N)c1. The van der Waals surface area contributed by atoms with E-state index >= 15 is 0 Å². The second kappa shape index (κ2) is 5.39. The van der Waals surface area contributed by atoms with E-state index in [1.165, 1.54) is 6.07 Å². The molecular formula is C13H19F2N. The number of halogens is 2. The van der Waals surface area contributed by atoms with E-state index in [-0.39, 0.29) is 18.0 Å². The number of hydrogen-bond donors (Lipinski definition) is 1. The van der Waals surface area contributed by atoms with Crippen LogP contribution in [-0.4, -0.2) is 6.04 Å². The maximum Gasteiger partial charge on any atom is 0.273 e. The molecule has 0 aliphatic heterocycles. The summed E-state index contributed by atoms with van der Waals surface area (Å²) in [6.07, 6.45) is 1.01. The number of rotatable bonds is 5. The molecule has 0 saturated heterocycles. The third kappa shape index (κ3) is 3.56. The van der Waals surface area contributed by atoms with E-state index in [1.54, 1.807) is 19.1 Å². The van der Waals surface area contributed by atoms with Crippen molar-refractivity contribution in [1.29, 1.82) is 0 Å². The van der Waals surface area contributed by atoms with Crippen molar-refractivity contribution in [2.45, 2.75) is 45.1 Å². The fraction of sp³-hybridized carbons (Fsp3) is 0.538. The van der Waals surface area contributed by atoms with Gasteiger partial charge in [0.15, 0.2) is 0 Å². The van der Waals surface area contributed by atoms with Gasteiger partial charge in [-0.05, 0) is 25.0 Å². The molecule has 1 rings (SSSR count). The summed E-state index contributed by atoms with van der Waals surface area (Å²) in [5, 5.41) is 0. The van der Waals surface area contributed by atoms with E-state index in [1.807, 2.05) is 13.0 Å². The molecule has 1 nitrogen and oxygen atoms in total. The third-order valence-corrected chi connectivity index (χ3v) is 2.47. The summed E-state index contributed by atoms with van der Waals surface area (Å²) >= 11 is 0. The van der Waals surface area contributed by atoms with Crippen molar-refractivity contribution in [3.63, 3.8) is 0 Å².